The summed E-state index contributed by atoms with van der Waals surface area (Å²) in [7, 11) is 0. The van der Waals surface area contributed by atoms with Gasteiger partial charge < -0.3 is 10.2 Å². The molecule has 0 radical (unpaired) electrons. The van der Waals surface area contributed by atoms with Crippen molar-refractivity contribution >= 4 is 5.91 Å². The van der Waals surface area contributed by atoms with E-state index in [1.807, 2.05) is 11.0 Å². The summed E-state index contributed by atoms with van der Waals surface area (Å²) in [5, 5.41) is 3.31. The van der Waals surface area contributed by atoms with Crippen LogP contribution < -0.4 is 5.32 Å². The molecule has 0 bridgehead atoms. The van der Waals surface area contributed by atoms with Crippen LogP contribution in [0.3, 0.4) is 0 Å². The Morgan fingerprint density at radius 2 is 2.43 bits per heavy atom. The third-order valence-electron chi connectivity index (χ3n) is 2.51. The van der Waals surface area contributed by atoms with Crippen LogP contribution in [0.4, 0.5) is 0 Å². The average molecular weight is 196 g/mol. The van der Waals surface area contributed by atoms with Gasteiger partial charge in [0.1, 0.15) is 0 Å². The number of nitrogens with zero attached hydrogens (tertiary/aromatic N) is 1. The SMILES string of the molecule is C=CC1CC(=O)N(CCNC(C)C)C1. The van der Waals surface area contributed by atoms with Gasteiger partial charge in [-0.2, -0.15) is 0 Å². The van der Waals surface area contributed by atoms with Crippen molar-refractivity contribution in [1.82, 2.24) is 10.2 Å². The molecule has 1 aliphatic heterocycles. The van der Waals surface area contributed by atoms with E-state index in [2.05, 4.69) is 25.7 Å². The third-order valence-corrected chi connectivity index (χ3v) is 2.51. The minimum absolute atomic E-state index is 0.264. The van der Waals surface area contributed by atoms with E-state index in [-0.39, 0.29) is 5.91 Å². The largest absolute Gasteiger partial charge is 0.341 e. The van der Waals surface area contributed by atoms with Crippen molar-refractivity contribution in [2.75, 3.05) is 19.6 Å². The molecule has 1 amide bonds. The Labute approximate surface area is 86.2 Å². The van der Waals surface area contributed by atoms with Gasteiger partial charge in [0.15, 0.2) is 0 Å². The summed E-state index contributed by atoms with van der Waals surface area (Å²) in [5.41, 5.74) is 0. The average Bonchev–Trinajstić information content (AvgIpc) is 2.47. The molecule has 0 saturated carbocycles. The van der Waals surface area contributed by atoms with E-state index >= 15 is 0 Å². The van der Waals surface area contributed by atoms with E-state index in [1.54, 1.807) is 0 Å². The molecule has 1 N–H and O–H groups in total. The number of nitrogens with one attached hydrogen (secondary N) is 1. The first-order valence-electron chi connectivity index (χ1n) is 5.27. The lowest BCUT2D eigenvalue weighted by atomic mass is 10.1. The van der Waals surface area contributed by atoms with Crippen molar-refractivity contribution in [1.29, 1.82) is 0 Å². The Balaban J connectivity index is 2.25. The van der Waals surface area contributed by atoms with Gasteiger partial charge in [-0.3, -0.25) is 4.79 Å². The number of carbonyl (C=O) groups excluding carboxylic acids is 1. The minimum Gasteiger partial charge on any atom is -0.341 e. The fourth-order valence-electron chi connectivity index (χ4n) is 1.66. The summed E-state index contributed by atoms with van der Waals surface area (Å²) in [6.07, 6.45) is 2.53. The lowest BCUT2D eigenvalue weighted by molar-refractivity contribution is -0.127. The van der Waals surface area contributed by atoms with E-state index < -0.39 is 0 Å². The van der Waals surface area contributed by atoms with Crippen LogP contribution in [-0.2, 0) is 4.79 Å². The molecule has 1 rings (SSSR count). The van der Waals surface area contributed by atoms with E-state index in [1.165, 1.54) is 0 Å². The molecule has 80 valence electrons. The van der Waals surface area contributed by atoms with E-state index in [0.717, 1.165) is 19.6 Å². The zero-order chi connectivity index (χ0) is 10.6. The number of likely N-dealkylation sites (tertiary alicyclic amines) is 1. The van der Waals surface area contributed by atoms with Crippen LogP contribution in [-0.4, -0.2) is 36.5 Å². The molecule has 1 heterocycles. The molecule has 0 aromatic rings. The second kappa shape index (κ2) is 5.15. The predicted octanol–water partition coefficient (Wildman–Crippen LogP) is 1.02. The topological polar surface area (TPSA) is 32.3 Å². The van der Waals surface area contributed by atoms with Crippen LogP contribution in [0.5, 0.6) is 0 Å². The van der Waals surface area contributed by atoms with Crippen molar-refractivity contribution in [2.45, 2.75) is 26.3 Å². The summed E-state index contributed by atoms with van der Waals surface area (Å²) < 4.78 is 0. The number of amides is 1. The molecule has 3 heteroatoms. The maximum Gasteiger partial charge on any atom is 0.223 e. The van der Waals surface area contributed by atoms with Gasteiger partial charge in [0.2, 0.25) is 5.91 Å². The molecular weight excluding hydrogens is 176 g/mol. The van der Waals surface area contributed by atoms with Crippen LogP contribution in [0, 0.1) is 5.92 Å². The van der Waals surface area contributed by atoms with Gasteiger partial charge in [-0.25, -0.2) is 0 Å². The molecule has 0 aliphatic carbocycles. The standard InChI is InChI=1S/C11H20N2O/c1-4-10-7-11(14)13(8-10)6-5-12-9(2)3/h4,9-10,12H,1,5-8H2,2-3H3. The molecule has 3 nitrogen and oxygen atoms in total. The monoisotopic (exact) mass is 196 g/mol. The Morgan fingerprint density at radius 1 is 1.71 bits per heavy atom. The molecule has 1 unspecified atom stereocenters. The van der Waals surface area contributed by atoms with Crippen molar-refractivity contribution < 1.29 is 4.79 Å². The summed E-state index contributed by atoms with van der Waals surface area (Å²) >= 11 is 0. The predicted molar refractivity (Wildman–Crippen MR) is 58.0 cm³/mol. The van der Waals surface area contributed by atoms with Gasteiger partial charge in [-0.15, -0.1) is 6.58 Å². The molecule has 0 spiro atoms. The molecule has 0 aromatic carbocycles. The maximum atomic E-state index is 11.5. The maximum absolute atomic E-state index is 11.5. The molecule has 14 heavy (non-hydrogen) atoms. The van der Waals surface area contributed by atoms with Crippen molar-refractivity contribution in [2.24, 2.45) is 5.92 Å². The lowest BCUT2D eigenvalue weighted by Gasteiger charge is -2.17. The van der Waals surface area contributed by atoms with E-state index in [4.69, 9.17) is 0 Å². The third kappa shape index (κ3) is 3.14. The Morgan fingerprint density at radius 3 is 2.93 bits per heavy atom. The zero-order valence-corrected chi connectivity index (χ0v) is 9.12. The molecule has 1 saturated heterocycles. The molecular formula is C11H20N2O. The minimum atomic E-state index is 0.264. The molecule has 0 aromatic heterocycles. The van der Waals surface area contributed by atoms with Crippen LogP contribution in [0.25, 0.3) is 0 Å². The zero-order valence-electron chi connectivity index (χ0n) is 9.12. The van der Waals surface area contributed by atoms with Gasteiger partial charge in [-0.05, 0) is 0 Å². The first-order chi connectivity index (χ1) is 6.63. The highest BCUT2D eigenvalue weighted by atomic mass is 16.2. The summed E-state index contributed by atoms with van der Waals surface area (Å²) in [6, 6.07) is 0.489. The number of rotatable bonds is 5. The summed E-state index contributed by atoms with van der Waals surface area (Å²) in [6.45, 7) is 10.5. The van der Waals surface area contributed by atoms with Crippen molar-refractivity contribution in [3.8, 4) is 0 Å². The smallest absolute Gasteiger partial charge is 0.223 e. The lowest BCUT2D eigenvalue weighted by Crippen LogP contribution is -2.35. The van der Waals surface area contributed by atoms with Crippen LogP contribution >= 0.6 is 0 Å². The highest BCUT2D eigenvalue weighted by molar-refractivity contribution is 5.78. The van der Waals surface area contributed by atoms with Gasteiger partial charge >= 0.3 is 0 Å². The van der Waals surface area contributed by atoms with Crippen LogP contribution in [0.15, 0.2) is 12.7 Å². The second-order valence-corrected chi connectivity index (χ2v) is 4.15. The first kappa shape index (κ1) is 11.2. The van der Waals surface area contributed by atoms with E-state index in [0.29, 0.717) is 18.4 Å². The van der Waals surface area contributed by atoms with Crippen molar-refractivity contribution in [3.63, 3.8) is 0 Å². The van der Waals surface area contributed by atoms with Crippen LogP contribution in [0.1, 0.15) is 20.3 Å². The number of hydrogen-bond donors (Lipinski definition) is 1. The Kier molecular flexibility index (Phi) is 4.14. The van der Waals surface area contributed by atoms with Gasteiger partial charge in [0.25, 0.3) is 0 Å². The fraction of sp³-hybridized carbons (Fsp3) is 0.727. The second-order valence-electron chi connectivity index (χ2n) is 4.15. The Bertz CT molecular complexity index is 213. The molecule has 1 fully saturated rings. The molecule has 1 aliphatic rings. The van der Waals surface area contributed by atoms with Crippen molar-refractivity contribution in [3.05, 3.63) is 12.7 Å². The number of hydrogen-bond acceptors (Lipinski definition) is 2. The van der Waals surface area contributed by atoms with Gasteiger partial charge in [0.05, 0.1) is 0 Å². The van der Waals surface area contributed by atoms with Gasteiger partial charge in [-0.1, -0.05) is 19.9 Å². The number of carbonyl (C=O) groups is 1. The Hall–Kier alpha value is -0.830. The highest BCUT2D eigenvalue weighted by Crippen LogP contribution is 2.17. The van der Waals surface area contributed by atoms with Crippen LogP contribution in [0.2, 0.25) is 0 Å². The normalized spacial score (nSPS) is 22.1. The highest BCUT2D eigenvalue weighted by Gasteiger charge is 2.26. The van der Waals surface area contributed by atoms with E-state index in [9.17, 15) is 4.79 Å². The van der Waals surface area contributed by atoms with Gasteiger partial charge in [0, 0.05) is 38.0 Å². The first-order valence-corrected chi connectivity index (χ1v) is 5.27. The fourth-order valence-corrected chi connectivity index (χ4v) is 1.66. The quantitative estimate of drug-likeness (QED) is 0.666. The summed E-state index contributed by atoms with van der Waals surface area (Å²) in [5.74, 6) is 0.627. The summed E-state index contributed by atoms with van der Waals surface area (Å²) in [4.78, 5) is 13.4. The molecule has 1 atom stereocenters.